The van der Waals surface area contributed by atoms with E-state index in [2.05, 4.69) is 16.4 Å². The lowest BCUT2D eigenvalue weighted by molar-refractivity contribution is 0.0924. The second-order valence-corrected chi connectivity index (χ2v) is 7.46. The van der Waals surface area contributed by atoms with Crippen LogP contribution in [-0.4, -0.2) is 16.4 Å². The number of hydrogen-bond donors (Lipinski definition) is 2. The zero-order chi connectivity index (χ0) is 21.3. The number of rotatable bonds is 4. The summed E-state index contributed by atoms with van der Waals surface area (Å²) in [7, 11) is 0. The Hall–Kier alpha value is -3.98. The number of nitriles is 1. The Kier molecular flexibility index (Phi) is 4.80. The molecule has 0 saturated carbocycles. The summed E-state index contributed by atoms with van der Waals surface area (Å²) in [6.45, 7) is 1.62. The predicted molar refractivity (Wildman–Crippen MR) is 114 cm³/mol. The molecule has 1 heterocycles. The Labute approximate surface area is 171 Å². The van der Waals surface area contributed by atoms with Crippen LogP contribution in [-0.2, 0) is 6.42 Å². The van der Waals surface area contributed by atoms with Crippen molar-refractivity contribution in [2.75, 3.05) is 0 Å². The summed E-state index contributed by atoms with van der Waals surface area (Å²) in [5.74, 6) is -0.795. The first-order valence-corrected chi connectivity index (χ1v) is 9.41. The molecule has 2 N–H and O–H groups in total. The zero-order valence-corrected chi connectivity index (χ0v) is 16.2. The van der Waals surface area contributed by atoms with Gasteiger partial charge in [0.2, 0.25) is 0 Å². The van der Waals surface area contributed by atoms with E-state index >= 15 is 0 Å². The fourth-order valence-electron chi connectivity index (χ4n) is 3.51. The second kappa shape index (κ2) is 7.45. The molecule has 1 atom stereocenters. The number of carbonyl (C=O) groups excluding carboxylic acids is 1. The maximum absolute atomic E-state index is 13.1. The second-order valence-electron chi connectivity index (χ2n) is 7.46. The van der Waals surface area contributed by atoms with E-state index in [1.54, 1.807) is 55.5 Å². The molecule has 1 amide bonds. The SMILES string of the molecule is CC(C#N)(Cc1ccc(F)cc1)NC(=O)c1ccc2c(=O)c3ccccc3[nH]c2c1. The van der Waals surface area contributed by atoms with Crippen LogP contribution in [0.1, 0.15) is 22.8 Å². The first kappa shape index (κ1) is 19.3. The van der Waals surface area contributed by atoms with Crippen LogP contribution in [0.25, 0.3) is 21.8 Å². The lowest BCUT2D eigenvalue weighted by atomic mass is 9.93. The van der Waals surface area contributed by atoms with Gasteiger partial charge in [-0.25, -0.2) is 4.39 Å². The van der Waals surface area contributed by atoms with Crippen LogP contribution < -0.4 is 10.7 Å². The molecule has 148 valence electrons. The summed E-state index contributed by atoms with van der Waals surface area (Å²) in [6, 6.07) is 19.9. The lowest BCUT2D eigenvalue weighted by Gasteiger charge is -2.23. The number of aromatic nitrogens is 1. The molecular weight excluding hydrogens is 381 g/mol. The van der Waals surface area contributed by atoms with E-state index in [4.69, 9.17) is 0 Å². The molecule has 0 aliphatic heterocycles. The van der Waals surface area contributed by atoms with Crippen LogP contribution in [0.2, 0.25) is 0 Å². The van der Waals surface area contributed by atoms with Gasteiger partial charge < -0.3 is 10.3 Å². The van der Waals surface area contributed by atoms with Crippen LogP contribution in [0, 0.1) is 17.1 Å². The normalized spacial score (nSPS) is 13.0. The van der Waals surface area contributed by atoms with Crippen molar-refractivity contribution in [3.05, 3.63) is 93.9 Å². The maximum Gasteiger partial charge on any atom is 0.252 e. The third-order valence-electron chi connectivity index (χ3n) is 5.07. The summed E-state index contributed by atoms with van der Waals surface area (Å²) in [5, 5.41) is 13.5. The number of nitrogens with one attached hydrogen (secondary N) is 2. The van der Waals surface area contributed by atoms with Gasteiger partial charge in [0.25, 0.3) is 5.91 Å². The molecule has 4 aromatic rings. The van der Waals surface area contributed by atoms with Gasteiger partial charge in [-0.1, -0.05) is 24.3 Å². The van der Waals surface area contributed by atoms with Crippen molar-refractivity contribution in [2.45, 2.75) is 18.9 Å². The minimum Gasteiger partial charge on any atom is -0.354 e. The van der Waals surface area contributed by atoms with Crippen LogP contribution in [0.5, 0.6) is 0 Å². The molecule has 0 bridgehead atoms. The minimum absolute atomic E-state index is 0.107. The summed E-state index contributed by atoms with van der Waals surface area (Å²) in [6.07, 6.45) is 0.227. The summed E-state index contributed by atoms with van der Waals surface area (Å²) < 4.78 is 13.1. The Morgan fingerprint density at radius 2 is 1.77 bits per heavy atom. The number of aromatic amines is 1. The fourth-order valence-corrected chi connectivity index (χ4v) is 3.51. The highest BCUT2D eigenvalue weighted by Gasteiger charge is 2.27. The van der Waals surface area contributed by atoms with Gasteiger partial charge in [0.1, 0.15) is 11.4 Å². The van der Waals surface area contributed by atoms with Crippen molar-refractivity contribution in [3.8, 4) is 6.07 Å². The molecule has 0 saturated heterocycles. The van der Waals surface area contributed by atoms with Gasteiger partial charge in [-0.05, 0) is 55.0 Å². The molecule has 0 radical (unpaired) electrons. The van der Waals surface area contributed by atoms with Gasteiger partial charge in [-0.3, -0.25) is 9.59 Å². The Morgan fingerprint density at radius 3 is 2.50 bits per heavy atom. The van der Waals surface area contributed by atoms with E-state index in [0.29, 0.717) is 27.4 Å². The van der Waals surface area contributed by atoms with Crippen molar-refractivity contribution >= 4 is 27.7 Å². The summed E-state index contributed by atoms with van der Waals surface area (Å²) in [5.41, 5.74) is 1.00. The quantitative estimate of drug-likeness (QED) is 0.507. The molecule has 30 heavy (non-hydrogen) atoms. The van der Waals surface area contributed by atoms with Crippen molar-refractivity contribution in [1.82, 2.24) is 10.3 Å². The lowest BCUT2D eigenvalue weighted by Crippen LogP contribution is -2.46. The molecule has 1 unspecified atom stereocenters. The highest BCUT2D eigenvalue weighted by atomic mass is 19.1. The molecular formula is C24H18FN3O2. The predicted octanol–water partition coefficient (Wildman–Crippen LogP) is 4.08. The average Bonchev–Trinajstić information content (AvgIpc) is 2.75. The highest BCUT2D eigenvalue weighted by Crippen LogP contribution is 2.18. The zero-order valence-electron chi connectivity index (χ0n) is 16.2. The number of nitrogens with zero attached hydrogens (tertiary/aromatic N) is 1. The van der Waals surface area contributed by atoms with Gasteiger partial charge >= 0.3 is 0 Å². The van der Waals surface area contributed by atoms with Crippen molar-refractivity contribution in [1.29, 1.82) is 5.26 Å². The number of amides is 1. The van der Waals surface area contributed by atoms with E-state index < -0.39 is 11.4 Å². The van der Waals surface area contributed by atoms with Gasteiger partial charge in [-0.15, -0.1) is 0 Å². The van der Waals surface area contributed by atoms with E-state index in [1.165, 1.54) is 12.1 Å². The Morgan fingerprint density at radius 1 is 1.07 bits per heavy atom. The smallest absolute Gasteiger partial charge is 0.252 e. The maximum atomic E-state index is 13.1. The number of fused-ring (bicyclic) bond motifs is 2. The number of halogens is 1. The molecule has 0 spiro atoms. The molecule has 5 nitrogen and oxygen atoms in total. The number of H-pyrrole nitrogens is 1. The Balaban J connectivity index is 1.65. The number of carbonyl (C=O) groups is 1. The largest absolute Gasteiger partial charge is 0.354 e. The standard InChI is InChI=1S/C24H18FN3O2/c1-24(14-26,13-15-6-9-17(25)10-7-15)28-23(30)16-8-11-19-21(12-16)27-20-5-3-2-4-18(20)22(19)29/h2-12H,13H2,1H3,(H,27,29)(H,28,30). The molecule has 6 heteroatoms. The van der Waals surface area contributed by atoms with Crippen molar-refractivity contribution in [2.24, 2.45) is 0 Å². The molecule has 0 aliphatic carbocycles. The Bertz CT molecular complexity index is 1370. The van der Waals surface area contributed by atoms with Gasteiger partial charge in [-0.2, -0.15) is 5.26 Å². The van der Waals surface area contributed by atoms with E-state index in [9.17, 15) is 19.2 Å². The first-order chi connectivity index (χ1) is 14.4. The van der Waals surface area contributed by atoms with E-state index in [-0.39, 0.29) is 17.7 Å². The van der Waals surface area contributed by atoms with Crippen LogP contribution >= 0.6 is 0 Å². The number of para-hydroxylation sites is 1. The van der Waals surface area contributed by atoms with E-state index in [0.717, 1.165) is 5.56 Å². The molecule has 1 aromatic heterocycles. The van der Waals surface area contributed by atoms with Crippen molar-refractivity contribution < 1.29 is 9.18 Å². The molecule has 4 rings (SSSR count). The highest BCUT2D eigenvalue weighted by molar-refractivity contribution is 6.00. The number of pyridine rings is 1. The van der Waals surface area contributed by atoms with Gasteiger partial charge in [0.15, 0.2) is 5.43 Å². The van der Waals surface area contributed by atoms with Crippen LogP contribution in [0.15, 0.2) is 71.5 Å². The fraction of sp³-hybridized carbons (Fsp3) is 0.125. The molecule has 3 aromatic carbocycles. The molecule has 0 aliphatic rings. The minimum atomic E-state index is -1.18. The van der Waals surface area contributed by atoms with E-state index in [1.807, 2.05) is 6.07 Å². The third kappa shape index (κ3) is 3.65. The summed E-state index contributed by atoms with van der Waals surface area (Å²) >= 11 is 0. The topological polar surface area (TPSA) is 85.8 Å². The number of hydrogen-bond acceptors (Lipinski definition) is 3. The van der Waals surface area contributed by atoms with Crippen molar-refractivity contribution in [3.63, 3.8) is 0 Å². The first-order valence-electron chi connectivity index (χ1n) is 9.41. The van der Waals surface area contributed by atoms with Crippen LogP contribution in [0.4, 0.5) is 4.39 Å². The summed E-state index contributed by atoms with van der Waals surface area (Å²) in [4.78, 5) is 28.7. The number of benzene rings is 3. The van der Waals surface area contributed by atoms with Gasteiger partial charge in [0, 0.05) is 28.3 Å². The third-order valence-corrected chi connectivity index (χ3v) is 5.07. The monoisotopic (exact) mass is 399 g/mol. The average molecular weight is 399 g/mol. The molecule has 0 fully saturated rings. The van der Waals surface area contributed by atoms with Crippen LogP contribution in [0.3, 0.4) is 0 Å². The van der Waals surface area contributed by atoms with Gasteiger partial charge in [0.05, 0.1) is 11.6 Å².